The lowest BCUT2D eigenvalue weighted by Crippen LogP contribution is -2.32. The van der Waals surface area contributed by atoms with Crippen molar-refractivity contribution < 1.29 is 4.79 Å². The lowest BCUT2D eigenvalue weighted by molar-refractivity contribution is 0.0928. The molecule has 0 atom stereocenters. The number of rotatable bonds is 4. The third-order valence-electron chi connectivity index (χ3n) is 3.60. The van der Waals surface area contributed by atoms with Gasteiger partial charge in [-0.05, 0) is 44.5 Å². The summed E-state index contributed by atoms with van der Waals surface area (Å²) in [6.07, 6.45) is 7.54. The molecule has 2 heterocycles. The number of hydrogen-bond donors (Lipinski definition) is 0. The van der Waals surface area contributed by atoms with Gasteiger partial charge in [0.25, 0.3) is 0 Å². The zero-order valence-electron chi connectivity index (χ0n) is 11.3. The second-order valence-electron chi connectivity index (χ2n) is 5.09. The maximum absolute atomic E-state index is 12.2. The number of thiophene rings is 1. The number of aryl methyl sites for hydroxylation is 1. The van der Waals surface area contributed by atoms with Crippen LogP contribution in [0.2, 0.25) is 0 Å². The Balaban J connectivity index is 1.88. The molecular weight excluding hydrogens is 242 g/mol. The molecule has 0 saturated carbocycles. The number of Topliss-reactive ketones (excluding diaryl/α,β-unsaturated/α-hetero) is 1. The minimum absolute atomic E-state index is 0.306. The van der Waals surface area contributed by atoms with Gasteiger partial charge in [0, 0.05) is 4.88 Å². The van der Waals surface area contributed by atoms with Gasteiger partial charge in [-0.15, -0.1) is 11.3 Å². The summed E-state index contributed by atoms with van der Waals surface area (Å²) in [4.78, 5) is 16.8. The third-order valence-corrected chi connectivity index (χ3v) is 4.87. The molecule has 0 aliphatic carbocycles. The molecular formula is C15H23NOS. The molecule has 1 aliphatic heterocycles. The van der Waals surface area contributed by atoms with E-state index in [4.69, 9.17) is 0 Å². The quantitative estimate of drug-likeness (QED) is 0.773. The van der Waals surface area contributed by atoms with Gasteiger partial charge in [0.1, 0.15) is 0 Å². The summed E-state index contributed by atoms with van der Waals surface area (Å²) in [5, 5.41) is 0. The monoisotopic (exact) mass is 265 g/mol. The first kappa shape index (κ1) is 13.8. The first-order valence-electron chi connectivity index (χ1n) is 7.14. The van der Waals surface area contributed by atoms with Crippen LogP contribution in [-0.2, 0) is 6.42 Å². The minimum atomic E-state index is 0.306. The Kier molecular flexibility index (Phi) is 5.39. The fraction of sp³-hybridized carbons (Fsp3) is 0.667. The van der Waals surface area contributed by atoms with Gasteiger partial charge in [-0.3, -0.25) is 9.69 Å². The highest BCUT2D eigenvalue weighted by Crippen LogP contribution is 2.18. The summed E-state index contributed by atoms with van der Waals surface area (Å²) >= 11 is 1.66. The molecule has 1 aliphatic rings. The molecule has 2 rings (SSSR count). The van der Waals surface area contributed by atoms with Crippen LogP contribution in [-0.4, -0.2) is 30.3 Å². The molecule has 100 valence electrons. The predicted octanol–water partition coefficient (Wildman–Crippen LogP) is 3.76. The lowest BCUT2D eigenvalue weighted by atomic mass is 10.1. The Labute approximate surface area is 114 Å². The molecule has 1 fully saturated rings. The molecule has 0 unspecified atom stereocenters. The Morgan fingerprint density at radius 2 is 1.83 bits per heavy atom. The average molecular weight is 265 g/mol. The average Bonchev–Trinajstić information content (AvgIpc) is 2.81. The maximum atomic E-state index is 12.2. The van der Waals surface area contributed by atoms with E-state index in [1.165, 1.54) is 37.0 Å². The first-order valence-corrected chi connectivity index (χ1v) is 7.95. The van der Waals surface area contributed by atoms with Crippen LogP contribution in [0.4, 0.5) is 0 Å². The van der Waals surface area contributed by atoms with Crippen molar-refractivity contribution in [3.63, 3.8) is 0 Å². The highest BCUT2D eigenvalue weighted by atomic mass is 32.1. The van der Waals surface area contributed by atoms with Crippen molar-refractivity contribution in [2.75, 3.05) is 19.6 Å². The van der Waals surface area contributed by atoms with Gasteiger partial charge in [0.15, 0.2) is 5.78 Å². The summed E-state index contributed by atoms with van der Waals surface area (Å²) in [5.41, 5.74) is 0. The van der Waals surface area contributed by atoms with Gasteiger partial charge in [-0.1, -0.05) is 26.2 Å². The van der Waals surface area contributed by atoms with Crippen LogP contribution in [0.15, 0.2) is 12.1 Å². The number of hydrogen-bond acceptors (Lipinski definition) is 3. The van der Waals surface area contributed by atoms with Crippen molar-refractivity contribution in [2.45, 2.75) is 45.4 Å². The molecule has 2 nitrogen and oxygen atoms in total. The van der Waals surface area contributed by atoms with E-state index in [1.54, 1.807) is 11.3 Å². The Morgan fingerprint density at radius 1 is 1.17 bits per heavy atom. The number of carbonyl (C=O) groups excluding carboxylic acids is 1. The summed E-state index contributed by atoms with van der Waals surface area (Å²) < 4.78 is 0. The van der Waals surface area contributed by atoms with Crippen molar-refractivity contribution in [1.82, 2.24) is 4.90 Å². The molecule has 0 bridgehead atoms. The van der Waals surface area contributed by atoms with Gasteiger partial charge in [-0.2, -0.15) is 0 Å². The van der Waals surface area contributed by atoms with Crippen molar-refractivity contribution in [3.05, 3.63) is 21.9 Å². The van der Waals surface area contributed by atoms with Gasteiger partial charge in [0.05, 0.1) is 11.4 Å². The Bertz CT molecular complexity index is 378. The van der Waals surface area contributed by atoms with Crippen molar-refractivity contribution in [2.24, 2.45) is 0 Å². The summed E-state index contributed by atoms with van der Waals surface area (Å²) in [5.74, 6) is 0.306. The molecule has 3 heteroatoms. The van der Waals surface area contributed by atoms with Crippen LogP contribution in [0.5, 0.6) is 0 Å². The largest absolute Gasteiger partial charge is 0.296 e. The second kappa shape index (κ2) is 7.05. The number of ketones is 1. The van der Waals surface area contributed by atoms with Crippen molar-refractivity contribution >= 4 is 17.1 Å². The van der Waals surface area contributed by atoms with E-state index < -0.39 is 0 Å². The van der Waals surface area contributed by atoms with Crippen LogP contribution in [0.3, 0.4) is 0 Å². The maximum Gasteiger partial charge on any atom is 0.186 e. The molecule has 0 amide bonds. The van der Waals surface area contributed by atoms with Crippen LogP contribution < -0.4 is 0 Å². The van der Waals surface area contributed by atoms with E-state index in [-0.39, 0.29) is 0 Å². The smallest absolute Gasteiger partial charge is 0.186 e. The fourth-order valence-electron chi connectivity index (χ4n) is 2.47. The Morgan fingerprint density at radius 3 is 2.44 bits per heavy atom. The van der Waals surface area contributed by atoms with Crippen molar-refractivity contribution in [1.29, 1.82) is 0 Å². The van der Waals surface area contributed by atoms with Gasteiger partial charge >= 0.3 is 0 Å². The molecule has 1 aromatic rings. The first-order chi connectivity index (χ1) is 8.79. The van der Waals surface area contributed by atoms with Gasteiger partial charge in [0.2, 0.25) is 0 Å². The highest BCUT2D eigenvalue weighted by Gasteiger charge is 2.15. The molecule has 1 saturated heterocycles. The standard InChI is InChI=1S/C15H23NOS/c1-2-13-8-9-15(18-13)14(17)12-16-10-6-4-3-5-7-11-16/h8-9H,2-7,10-12H2,1H3. The molecule has 1 aromatic heterocycles. The summed E-state index contributed by atoms with van der Waals surface area (Å²) in [6, 6.07) is 4.08. The second-order valence-corrected chi connectivity index (χ2v) is 6.25. The topological polar surface area (TPSA) is 20.3 Å². The highest BCUT2D eigenvalue weighted by molar-refractivity contribution is 7.14. The summed E-state index contributed by atoms with van der Waals surface area (Å²) in [6.45, 7) is 4.94. The molecule has 18 heavy (non-hydrogen) atoms. The third kappa shape index (κ3) is 3.92. The van der Waals surface area contributed by atoms with Gasteiger partial charge < -0.3 is 0 Å². The molecule has 0 spiro atoms. The molecule has 0 radical (unpaired) electrons. The Hall–Kier alpha value is -0.670. The van der Waals surface area contributed by atoms with E-state index in [0.717, 1.165) is 24.4 Å². The summed E-state index contributed by atoms with van der Waals surface area (Å²) in [7, 11) is 0. The number of likely N-dealkylation sites (tertiary alicyclic amines) is 1. The van der Waals surface area contributed by atoms with Crippen LogP contribution in [0.1, 0.15) is 53.6 Å². The van der Waals surface area contributed by atoms with Crippen molar-refractivity contribution in [3.8, 4) is 0 Å². The van der Waals surface area contributed by atoms with E-state index in [9.17, 15) is 4.79 Å². The van der Waals surface area contributed by atoms with Crippen LogP contribution >= 0.6 is 11.3 Å². The zero-order chi connectivity index (χ0) is 12.8. The zero-order valence-corrected chi connectivity index (χ0v) is 12.1. The minimum Gasteiger partial charge on any atom is -0.296 e. The molecule has 0 aromatic carbocycles. The van der Waals surface area contributed by atoms with E-state index >= 15 is 0 Å². The normalized spacial score (nSPS) is 18.3. The molecule has 0 N–H and O–H groups in total. The fourth-order valence-corrected chi connectivity index (χ4v) is 3.35. The predicted molar refractivity (Wildman–Crippen MR) is 77.6 cm³/mol. The van der Waals surface area contributed by atoms with Gasteiger partial charge in [-0.25, -0.2) is 0 Å². The number of carbonyl (C=O) groups is 1. The van der Waals surface area contributed by atoms with E-state index in [0.29, 0.717) is 12.3 Å². The van der Waals surface area contributed by atoms with E-state index in [2.05, 4.69) is 17.9 Å². The SMILES string of the molecule is CCc1ccc(C(=O)CN2CCCCCCC2)s1. The van der Waals surface area contributed by atoms with E-state index in [1.807, 2.05) is 6.07 Å². The van der Waals surface area contributed by atoms with Crippen LogP contribution in [0, 0.1) is 0 Å². The number of nitrogens with zero attached hydrogens (tertiary/aromatic N) is 1. The van der Waals surface area contributed by atoms with Crippen LogP contribution in [0.25, 0.3) is 0 Å². The lowest BCUT2D eigenvalue weighted by Gasteiger charge is -2.23.